The number of ether oxygens (including phenoxy) is 1. The zero-order valence-electron chi connectivity index (χ0n) is 10.7. The molecule has 0 rings (SSSR count). The molecular formula is C11H24N2O4+2. The number of aliphatic hydroxyl groups is 1. The molecule has 0 aliphatic carbocycles. The predicted molar refractivity (Wildman–Crippen MR) is 61.0 cm³/mol. The number of hydrogen-bond acceptors (Lipinski definition) is 4. The van der Waals surface area contributed by atoms with Gasteiger partial charge in [0.15, 0.2) is 0 Å². The Balaban J connectivity index is 3.73. The monoisotopic (exact) mass is 248 g/mol. The third-order valence-electron chi connectivity index (χ3n) is 2.24. The van der Waals surface area contributed by atoms with Crippen LogP contribution in [0.15, 0.2) is 0 Å². The number of quaternary nitrogens is 2. The third kappa shape index (κ3) is 9.92. The zero-order chi connectivity index (χ0) is 13.3. The number of carbonyl (C=O) groups excluding carboxylic acids is 2. The van der Waals surface area contributed by atoms with Gasteiger partial charge in [-0.15, -0.1) is 0 Å². The molecule has 100 valence electrons. The SMILES string of the molecule is C[NH+](C)CC[C@H](O)CC(=O)OC(=O)CCC[NH3+]. The van der Waals surface area contributed by atoms with Gasteiger partial charge in [-0.25, -0.2) is 0 Å². The summed E-state index contributed by atoms with van der Waals surface area (Å²) in [4.78, 5) is 23.5. The Hall–Kier alpha value is -0.980. The van der Waals surface area contributed by atoms with Crippen LogP contribution >= 0.6 is 0 Å². The summed E-state index contributed by atoms with van der Waals surface area (Å²) in [6.45, 7) is 1.40. The van der Waals surface area contributed by atoms with E-state index < -0.39 is 18.0 Å². The minimum atomic E-state index is -0.738. The molecule has 0 aliphatic rings. The largest absolute Gasteiger partial charge is 0.393 e. The van der Waals surface area contributed by atoms with Gasteiger partial charge in [0.2, 0.25) is 0 Å². The molecule has 0 aromatic heterocycles. The molecule has 0 saturated carbocycles. The van der Waals surface area contributed by atoms with Gasteiger partial charge in [0.1, 0.15) is 0 Å². The second-order valence-corrected chi connectivity index (χ2v) is 4.41. The molecule has 0 aromatic rings. The summed E-state index contributed by atoms with van der Waals surface area (Å²) in [5.74, 6) is -1.19. The highest BCUT2D eigenvalue weighted by atomic mass is 16.6. The van der Waals surface area contributed by atoms with Crippen molar-refractivity contribution in [1.82, 2.24) is 0 Å². The van der Waals surface area contributed by atoms with E-state index in [-0.39, 0.29) is 12.8 Å². The Morgan fingerprint density at radius 3 is 2.53 bits per heavy atom. The molecule has 17 heavy (non-hydrogen) atoms. The molecule has 6 nitrogen and oxygen atoms in total. The summed E-state index contributed by atoms with van der Waals surface area (Å²) in [5, 5.41) is 9.52. The number of nitrogens with one attached hydrogen (secondary N) is 1. The highest BCUT2D eigenvalue weighted by Gasteiger charge is 2.16. The molecule has 6 heteroatoms. The van der Waals surface area contributed by atoms with Crippen LogP contribution in [0.2, 0.25) is 0 Å². The van der Waals surface area contributed by atoms with Gasteiger partial charge in [-0.1, -0.05) is 0 Å². The Bertz CT molecular complexity index is 244. The fraction of sp³-hybridized carbons (Fsp3) is 0.818. The van der Waals surface area contributed by atoms with Crippen molar-refractivity contribution in [2.75, 3.05) is 27.2 Å². The van der Waals surface area contributed by atoms with Crippen LogP contribution in [0.5, 0.6) is 0 Å². The highest BCUT2D eigenvalue weighted by molar-refractivity contribution is 5.85. The summed E-state index contributed by atoms with van der Waals surface area (Å²) in [5.41, 5.74) is 3.59. The number of carbonyl (C=O) groups is 2. The van der Waals surface area contributed by atoms with Crippen molar-refractivity contribution in [3.8, 4) is 0 Å². The number of esters is 2. The van der Waals surface area contributed by atoms with E-state index in [0.29, 0.717) is 19.4 Å². The van der Waals surface area contributed by atoms with Gasteiger partial charge < -0.3 is 20.5 Å². The van der Waals surface area contributed by atoms with Gasteiger partial charge in [-0.2, -0.15) is 0 Å². The lowest BCUT2D eigenvalue weighted by Gasteiger charge is -2.11. The first-order valence-corrected chi connectivity index (χ1v) is 5.95. The molecule has 0 unspecified atom stereocenters. The Labute approximate surface area is 102 Å². The first-order chi connectivity index (χ1) is 7.95. The van der Waals surface area contributed by atoms with Crippen LogP contribution in [-0.4, -0.2) is 50.3 Å². The van der Waals surface area contributed by atoms with Crippen LogP contribution in [-0.2, 0) is 14.3 Å². The van der Waals surface area contributed by atoms with E-state index in [2.05, 4.69) is 10.5 Å². The van der Waals surface area contributed by atoms with Crippen LogP contribution in [0.25, 0.3) is 0 Å². The van der Waals surface area contributed by atoms with Gasteiger partial charge in [0.05, 0.1) is 46.1 Å². The Kier molecular flexibility index (Phi) is 8.57. The van der Waals surface area contributed by atoms with E-state index in [1.807, 2.05) is 14.1 Å². The molecule has 0 bridgehead atoms. The number of rotatable bonds is 8. The molecule has 5 N–H and O–H groups in total. The second kappa shape index (κ2) is 9.09. The van der Waals surface area contributed by atoms with E-state index in [4.69, 9.17) is 0 Å². The molecule has 1 atom stereocenters. The Morgan fingerprint density at radius 1 is 1.35 bits per heavy atom. The van der Waals surface area contributed by atoms with Crippen molar-refractivity contribution in [3.05, 3.63) is 0 Å². The predicted octanol–water partition coefficient (Wildman–Crippen LogP) is -2.64. The van der Waals surface area contributed by atoms with Gasteiger partial charge in [0, 0.05) is 12.8 Å². The molecule has 0 spiro atoms. The molecule has 0 aromatic carbocycles. The van der Waals surface area contributed by atoms with E-state index >= 15 is 0 Å². The quantitative estimate of drug-likeness (QED) is 0.323. The lowest BCUT2D eigenvalue weighted by Crippen LogP contribution is -3.05. The summed E-state index contributed by atoms with van der Waals surface area (Å²) in [7, 11) is 3.93. The molecule has 0 heterocycles. The molecule has 0 aliphatic heterocycles. The zero-order valence-corrected chi connectivity index (χ0v) is 10.7. The van der Waals surface area contributed by atoms with Crippen molar-refractivity contribution < 1.29 is 30.1 Å². The average molecular weight is 248 g/mol. The second-order valence-electron chi connectivity index (χ2n) is 4.41. The summed E-state index contributed by atoms with van der Waals surface area (Å²) < 4.78 is 4.56. The van der Waals surface area contributed by atoms with Crippen LogP contribution < -0.4 is 10.6 Å². The van der Waals surface area contributed by atoms with Gasteiger partial charge in [0.25, 0.3) is 0 Å². The van der Waals surface area contributed by atoms with E-state index in [9.17, 15) is 14.7 Å². The maximum atomic E-state index is 11.2. The maximum absolute atomic E-state index is 11.2. The number of hydrogen-bond donors (Lipinski definition) is 3. The van der Waals surface area contributed by atoms with Crippen molar-refractivity contribution in [3.63, 3.8) is 0 Å². The van der Waals surface area contributed by atoms with Gasteiger partial charge in [-0.3, -0.25) is 9.59 Å². The first kappa shape index (κ1) is 16.0. The van der Waals surface area contributed by atoms with Crippen molar-refractivity contribution in [1.29, 1.82) is 0 Å². The minimum Gasteiger partial charge on any atom is -0.393 e. The first-order valence-electron chi connectivity index (χ1n) is 5.95. The molecule has 0 fully saturated rings. The van der Waals surface area contributed by atoms with Crippen LogP contribution in [0.4, 0.5) is 0 Å². The lowest BCUT2D eigenvalue weighted by atomic mass is 10.2. The Morgan fingerprint density at radius 2 is 2.00 bits per heavy atom. The molecule has 0 radical (unpaired) electrons. The van der Waals surface area contributed by atoms with Crippen LogP contribution in [0, 0.1) is 0 Å². The molecule has 0 saturated heterocycles. The van der Waals surface area contributed by atoms with E-state index in [1.54, 1.807) is 0 Å². The third-order valence-corrected chi connectivity index (χ3v) is 2.24. The highest BCUT2D eigenvalue weighted by Crippen LogP contribution is 2.00. The fourth-order valence-electron chi connectivity index (χ4n) is 1.24. The van der Waals surface area contributed by atoms with Crippen molar-refractivity contribution in [2.24, 2.45) is 0 Å². The minimum absolute atomic E-state index is 0.122. The topological polar surface area (TPSA) is 95.7 Å². The summed E-state index contributed by atoms with van der Waals surface area (Å²) >= 11 is 0. The smallest absolute Gasteiger partial charge is 0.316 e. The van der Waals surface area contributed by atoms with Crippen LogP contribution in [0.1, 0.15) is 25.7 Å². The maximum Gasteiger partial charge on any atom is 0.316 e. The number of aliphatic hydroxyl groups excluding tert-OH is 1. The molecule has 0 amide bonds. The molecular weight excluding hydrogens is 224 g/mol. The summed E-state index contributed by atoms with van der Waals surface area (Å²) in [6, 6.07) is 0. The normalized spacial score (nSPS) is 12.5. The summed E-state index contributed by atoms with van der Waals surface area (Å²) in [6.07, 6.45) is 0.470. The fourth-order valence-corrected chi connectivity index (χ4v) is 1.24. The lowest BCUT2D eigenvalue weighted by molar-refractivity contribution is -0.858. The van der Waals surface area contributed by atoms with Gasteiger partial charge >= 0.3 is 11.9 Å². The van der Waals surface area contributed by atoms with Crippen molar-refractivity contribution >= 4 is 11.9 Å². The standard InChI is InChI=1S/C11H22N2O4/c1-13(2)7-5-9(14)8-11(16)17-10(15)4-3-6-12/h9,14H,3-8,12H2,1-2H3/p+2/t9-/m0/s1. The average Bonchev–Trinajstić information content (AvgIpc) is 2.23. The van der Waals surface area contributed by atoms with E-state index in [1.165, 1.54) is 4.90 Å². The van der Waals surface area contributed by atoms with Crippen LogP contribution in [0.3, 0.4) is 0 Å². The van der Waals surface area contributed by atoms with Crippen molar-refractivity contribution in [2.45, 2.75) is 31.8 Å². The van der Waals surface area contributed by atoms with Gasteiger partial charge in [-0.05, 0) is 0 Å². The van der Waals surface area contributed by atoms with E-state index in [0.717, 1.165) is 6.54 Å².